The fraction of sp³-hybridized carbons (Fsp3) is 0.333. The molecule has 0 aliphatic heterocycles. The van der Waals surface area contributed by atoms with Gasteiger partial charge in [0.1, 0.15) is 0 Å². The predicted molar refractivity (Wildman–Crippen MR) is 78.9 cm³/mol. The molecule has 0 aromatic heterocycles. The molecule has 0 bridgehead atoms. The van der Waals surface area contributed by atoms with E-state index in [0.29, 0.717) is 12.1 Å². The van der Waals surface area contributed by atoms with Gasteiger partial charge in [-0.05, 0) is 18.9 Å². The number of nitrogens with zero attached hydrogens (tertiary/aromatic N) is 1. The third kappa shape index (κ3) is 5.99. The van der Waals surface area contributed by atoms with Crippen LogP contribution in [0.4, 0.5) is 0 Å². The Bertz CT molecular complexity index is 374. The van der Waals surface area contributed by atoms with E-state index in [1.807, 2.05) is 20.8 Å². The first kappa shape index (κ1) is 18.5. The Morgan fingerprint density at radius 1 is 1.33 bits per heavy atom. The highest BCUT2D eigenvalue weighted by molar-refractivity contribution is 5.93. The summed E-state index contributed by atoms with van der Waals surface area (Å²) in [5.41, 5.74) is 1.41. The van der Waals surface area contributed by atoms with E-state index in [2.05, 4.69) is 18.2 Å². The molecule has 0 spiro atoms. The predicted octanol–water partition coefficient (Wildman–Crippen LogP) is 4.15. The van der Waals surface area contributed by atoms with E-state index in [4.69, 9.17) is 5.11 Å². The van der Waals surface area contributed by atoms with Gasteiger partial charge in [-0.25, -0.2) is 4.79 Å². The van der Waals surface area contributed by atoms with Crippen LogP contribution >= 0.6 is 0 Å². The van der Waals surface area contributed by atoms with Crippen molar-refractivity contribution in [2.45, 2.75) is 34.1 Å². The topological polar surface area (TPSA) is 49.7 Å². The molecule has 0 saturated carbocycles. The van der Waals surface area contributed by atoms with Crippen molar-refractivity contribution >= 4 is 12.2 Å². The molecule has 0 aromatic carbocycles. The smallest absolute Gasteiger partial charge is 0.337 e. The van der Waals surface area contributed by atoms with Crippen LogP contribution in [0.5, 0.6) is 0 Å². The minimum Gasteiger partial charge on any atom is -0.478 e. The van der Waals surface area contributed by atoms with Gasteiger partial charge in [-0.1, -0.05) is 52.2 Å². The molecule has 0 unspecified atom stereocenters. The minimum atomic E-state index is -0.994. The Morgan fingerprint density at radius 2 is 1.89 bits per heavy atom. The molecule has 0 atom stereocenters. The van der Waals surface area contributed by atoms with Gasteiger partial charge in [-0.3, -0.25) is 4.99 Å². The number of hydrogen-bond donors (Lipinski definition) is 1. The van der Waals surface area contributed by atoms with Gasteiger partial charge in [0, 0.05) is 6.21 Å². The van der Waals surface area contributed by atoms with E-state index >= 15 is 0 Å². The Labute approximate surface area is 110 Å². The van der Waals surface area contributed by atoms with E-state index in [1.165, 1.54) is 18.4 Å². The fourth-order valence-corrected chi connectivity index (χ4v) is 1.22. The van der Waals surface area contributed by atoms with Crippen molar-refractivity contribution in [3.8, 4) is 0 Å². The lowest BCUT2D eigenvalue weighted by Crippen LogP contribution is -2.04. The van der Waals surface area contributed by atoms with Crippen molar-refractivity contribution in [1.29, 1.82) is 0 Å². The van der Waals surface area contributed by atoms with Crippen LogP contribution < -0.4 is 0 Å². The zero-order valence-corrected chi connectivity index (χ0v) is 11.7. The van der Waals surface area contributed by atoms with Gasteiger partial charge < -0.3 is 5.11 Å². The van der Waals surface area contributed by atoms with Crippen LogP contribution in [0.2, 0.25) is 0 Å². The van der Waals surface area contributed by atoms with E-state index in [1.54, 1.807) is 13.0 Å². The van der Waals surface area contributed by atoms with E-state index in [0.717, 1.165) is 5.57 Å². The summed E-state index contributed by atoms with van der Waals surface area (Å²) in [5.74, 6) is -0.994. The number of aliphatic imine (C=N–C) groups is 1. The standard InChI is InChI=1S/C13H17NO2.C2H6/c1-5-9-14-12(10(6-2)7-3)11(8-4)13(15)16;1-2/h5-6,8-9H,1-2,7H2,3-4H3,(H,15,16);1-2H3/b11-8+,12-10-,14-9?;. The largest absolute Gasteiger partial charge is 0.478 e. The average Bonchev–Trinajstić information content (AvgIpc) is 2.39. The lowest BCUT2D eigenvalue weighted by Gasteiger charge is -2.07. The third-order valence-corrected chi connectivity index (χ3v) is 2.01. The van der Waals surface area contributed by atoms with Gasteiger partial charge in [0.2, 0.25) is 0 Å². The second kappa shape index (κ2) is 11.6. The summed E-state index contributed by atoms with van der Waals surface area (Å²) in [4.78, 5) is 15.1. The maximum atomic E-state index is 11.0. The molecule has 3 nitrogen and oxygen atoms in total. The van der Waals surface area contributed by atoms with Crippen LogP contribution in [-0.4, -0.2) is 17.3 Å². The Morgan fingerprint density at radius 3 is 2.17 bits per heavy atom. The van der Waals surface area contributed by atoms with Crippen LogP contribution in [0.1, 0.15) is 34.1 Å². The van der Waals surface area contributed by atoms with Crippen molar-refractivity contribution in [3.63, 3.8) is 0 Å². The number of carboxylic acid groups (broad SMARTS) is 1. The summed E-state index contributed by atoms with van der Waals surface area (Å²) in [6, 6.07) is 0. The molecule has 0 aliphatic rings. The van der Waals surface area contributed by atoms with Crippen molar-refractivity contribution in [2.75, 3.05) is 0 Å². The first-order valence-corrected chi connectivity index (χ1v) is 6.02. The summed E-state index contributed by atoms with van der Waals surface area (Å²) < 4.78 is 0. The molecule has 0 aromatic rings. The zero-order chi connectivity index (χ0) is 14.6. The lowest BCUT2D eigenvalue weighted by molar-refractivity contribution is -0.132. The summed E-state index contributed by atoms with van der Waals surface area (Å²) in [5, 5.41) is 9.05. The molecular weight excluding hydrogens is 226 g/mol. The molecule has 0 aliphatic carbocycles. The van der Waals surface area contributed by atoms with E-state index in [9.17, 15) is 4.79 Å². The Kier molecular flexibility index (Phi) is 11.9. The van der Waals surface area contributed by atoms with Crippen molar-refractivity contribution in [3.05, 3.63) is 48.2 Å². The van der Waals surface area contributed by atoms with Crippen LogP contribution in [-0.2, 0) is 4.79 Å². The Hall–Kier alpha value is -1.90. The molecule has 0 rings (SSSR count). The number of rotatable bonds is 6. The molecule has 0 amide bonds. The normalized spacial score (nSPS) is 12.3. The van der Waals surface area contributed by atoms with Gasteiger partial charge in [-0.15, -0.1) is 0 Å². The SMILES string of the molecule is C=CC=NC(/C(=C\C)C(=O)O)=C(/C=C)CC.CC. The first-order chi connectivity index (χ1) is 8.62. The number of allylic oxidation sites excluding steroid dienone is 4. The molecule has 3 heteroatoms. The van der Waals surface area contributed by atoms with Crippen molar-refractivity contribution in [1.82, 2.24) is 0 Å². The minimum absolute atomic E-state index is 0.176. The number of aliphatic carboxylic acids is 1. The molecule has 100 valence electrons. The number of carboxylic acids is 1. The maximum absolute atomic E-state index is 11.0. The fourth-order valence-electron chi connectivity index (χ4n) is 1.22. The maximum Gasteiger partial charge on any atom is 0.337 e. The van der Waals surface area contributed by atoms with Crippen LogP contribution in [0.15, 0.2) is 53.2 Å². The summed E-state index contributed by atoms with van der Waals surface area (Å²) in [6.07, 6.45) is 6.81. The Balaban J connectivity index is 0. The van der Waals surface area contributed by atoms with Gasteiger partial charge in [0.15, 0.2) is 0 Å². The van der Waals surface area contributed by atoms with Gasteiger partial charge >= 0.3 is 5.97 Å². The molecule has 1 N–H and O–H groups in total. The second-order valence-corrected chi connectivity index (χ2v) is 2.95. The van der Waals surface area contributed by atoms with Gasteiger partial charge in [-0.2, -0.15) is 0 Å². The van der Waals surface area contributed by atoms with E-state index in [-0.39, 0.29) is 5.57 Å². The molecule has 18 heavy (non-hydrogen) atoms. The van der Waals surface area contributed by atoms with Crippen molar-refractivity contribution < 1.29 is 9.90 Å². The highest BCUT2D eigenvalue weighted by Crippen LogP contribution is 2.20. The van der Waals surface area contributed by atoms with Gasteiger partial charge in [0.05, 0.1) is 11.3 Å². The van der Waals surface area contributed by atoms with Gasteiger partial charge in [0.25, 0.3) is 0 Å². The molecule has 0 radical (unpaired) electrons. The van der Waals surface area contributed by atoms with Crippen LogP contribution in [0.25, 0.3) is 0 Å². The zero-order valence-electron chi connectivity index (χ0n) is 11.7. The first-order valence-electron chi connectivity index (χ1n) is 6.02. The highest BCUT2D eigenvalue weighted by Gasteiger charge is 2.13. The van der Waals surface area contributed by atoms with Crippen LogP contribution in [0, 0.1) is 0 Å². The molecule has 0 heterocycles. The summed E-state index contributed by atoms with van der Waals surface area (Å²) in [6.45, 7) is 14.8. The molecular formula is C15H23NO2. The molecule has 0 fully saturated rings. The average molecular weight is 249 g/mol. The number of hydrogen-bond acceptors (Lipinski definition) is 2. The van der Waals surface area contributed by atoms with Crippen LogP contribution in [0.3, 0.4) is 0 Å². The van der Waals surface area contributed by atoms with E-state index < -0.39 is 5.97 Å². The van der Waals surface area contributed by atoms with Crippen molar-refractivity contribution in [2.24, 2.45) is 4.99 Å². The summed E-state index contributed by atoms with van der Waals surface area (Å²) in [7, 11) is 0. The summed E-state index contributed by atoms with van der Waals surface area (Å²) >= 11 is 0. The number of carbonyl (C=O) groups is 1. The third-order valence-electron chi connectivity index (χ3n) is 2.01. The molecule has 0 saturated heterocycles. The quantitative estimate of drug-likeness (QED) is 0.436. The monoisotopic (exact) mass is 249 g/mol. The second-order valence-electron chi connectivity index (χ2n) is 2.95. The highest BCUT2D eigenvalue weighted by atomic mass is 16.4. The lowest BCUT2D eigenvalue weighted by atomic mass is 10.0.